The van der Waals surface area contributed by atoms with E-state index in [4.69, 9.17) is 0 Å². The van der Waals surface area contributed by atoms with Gasteiger partial charge in [-0.15, -0.1) is 0 Å². The van der Waals surface area contributed by atoms with Gasteiger partial charge in [0.2, 0.25) is 0 Å². The molecule has 0 amide bonds. The van der Waals surface area contributed by atoms with Crippen LogP contribution in [0.1, 0.15) is 41.0 Å². The molecule has 0 saturated heterocycles. The summed E-state index contributed by atoms with van der Waals surface area (Å²) in [6.07, 6.45) is 0.881. The molecule has 1 nitrogen and oxygen atoms in total. The van der Waals surface area contributed by atoms with Crippen molar-refractivity contribution < 1.29 is 5.11 Å². The van der Waals surface area contributed by atoms with Crippen molar-refractivity contribution in [3.8, 4) is 0 Å². The molecule has 0 fully saturated rings. The summed E-state index contributed by atoms with van der Waals surface area (Å²) in [4.78, 5) is 0. The van der Waals surface area contributed by atoms with Crippen LogP contribution >= 0.6 is 0 Å². The standard InChI is InChI=1S/C9H20O/c1-6-8(7(2)10)9(3,4)5/h7-8,10H,6H2,1-5H3/t7-,8-/m0/s1. The summed E-state index contributed by atoms with van der Waals surface area (Å²) >= 11 is 0. The average Bonchev–Trinajstić information content (AvgIpc) is 1.60. The molecule has 1 heteroatoms. The van der Waals surface area contributed by atoms with Crippen molar-refractivity contribution in [2.24, 2.45) is 11.3 Å². The van der Waals surface area contributed by atoms with Gasteiger partial charge in [-0.05, 0) is 18.3 Å². The molecule has 0 aliphatic carbocycles. The Morgan fingerprint density at radius 2 is 1.70 bits per heavy atom. The van der Waals surface area contributed by atoms with E-state index in [1.165, 1.54) is 0 Å². The Morgan fingerprint density at radius 1 is 1.30 bits per heavy atom. The number of rotatable bonds is 2. The van der Waals surface area contributed by atoms with Crippen LogP contribution in [0.15, 0.2) is 0 Å². The van der Waals surface area contributed by atoms with Crippen LogP contribution in [0, 0.1) is 11.3 Å². The second kappa shape index (κ2) is 3.38. The number of hydrogen-bond acceptors (Lipinski definition) is 1. The van der Waals surface area contributed by atoms with Gasteiger partial charge in [0.05, 0.1) is 6.10 Å². The van der Waals surface area contributed by atoms with Crippen LogP contribution in [0.3, 0.4) is 0 Å². The first-order valence-corrected chi connectivity index (χ1v) is 4.07. The summed E-state index contributed by atoms with van der Waals surface area (Å²) in [6.45, 7) is 10.5. The number of aliphatic hydroxyl groups excluding tert-OH is 1. The van der Waals surface area contributed by atoms with Crippen LogP contribution in [0.5, 0.6) is 0 Å². The smallest absolute Gasteiger partial charge is 0.0545 e. The van der Waals surface area contributed by atoms with Gasteiger partial charge in [0, 0.05) is 0 Å². The van der Waals surface area contributed by atoms with E-state index in [0.29, 0.717) is 5.92 Å². The maximum absolute atomic E-state index is 9.35. The van der Waals surface area contributed by atoms with E-state index >= 15 is 0 Å². The summed E-state index contributed by atoms with van der Waals surface area (Å²) in [5.41, 5.74) is 0.239. The molecule has 1 N–H and O–H groups in total. The van der Waals surface area contributed by atoms with Gasteiger partial charge in [-0.3, -0.25) is 0 Å². The monoisotopic (exact) mass is 144 g/mol. The van der Waals surface area contributed by atoms with Crippen molar-refractivity contribution in [2.75, 3.05) is 0 Å². The van der Waals surface area contributed by atoms with Crippen molar-refractivity contribution in [2.45, 2.75) is 47.1 Å². The molecule has 0 unspecified atom stereocenters. The molecule has 0 bridgehead atoms. The van der Waals surface area contributed by atoms with Crippen molar-refractivity contribution in [1.82, 2.24) is 0 Å². The van der Waals surface area contributed by atoms with Gasteiger partial charge in [-0.25, -0.2) is 0 Å². The van der Waals surface area contributed by atoms with Crippen LogP contribution in [0.25, 0.3) is 0 Å². The Balaban J connectivity index is 4.07. The second-order valence-electron chi connectivity index (χ2n) is 4.12. The molecule has 0 aromatic heterocycles. The van der Waals surface area contributed by atoms with Gasteiger partial charge in [-0.1, -0.05) is 34.1 Å². The van der Waals surface area contributed by atoms with Gasteiger partial charge in [-0.2, -0.15) is 0 Å². The van der Waals surface area contributed by atoms with Gasteiger partial charge in [0.25, 0.3) is 0 Å². The fraction of sp³-hybridized carbons (Fsp3) is 1.00. The Morgan fingerprint density at radius 3 is 1.70 bits per heavy atom. The van der Waals surface area contributed by atoms with E-state index in [2.05, 4.69) is 27.7 Å². The molecule has 2 atom stereocenters. The van der Waals surface area contributed by atoms with Crippen molar-refractivity contribution in [3.63, 3.8) is 0 Å². The molecule has 10 heavy (non-hydrogen) atoms. The lowest BCUT2D eigenvalue weighted by Crippen LogP contribution is -2.29. The Labute approximate surface area is 64.5 Å². The quantitative estimate of drug-likeness (QED) is 0.631. The number of hydrogen-bond donors (Lipinski definition) is 1. The van der Waals surface area contributed by atoms with Crippen molar-refractivity contribution in [3.05, 3.63) is 0 Å². The predicted octanol–water partition coefficient (Wildman–Crippen LogP) is 2.44. The number of aliphatic hydroxyl groups is 1. The van der Waals surface area contributed by atoms with Crippen LogP contribution in [0.2, 0.25) is 0 Å². The zero-order valence-electron chi connectivity index (χ0n) is 7.81. The van der Waals surface area contributed by atoms with Crippen LogP contribution in [-0.2, 0) is 0 Å². The molecule has 62 valence electrons. The molecule has 0 aliphatic rings. The molecular weight excluding hydrogens is 124 g/mol. The SMILES string of the molecule is CC[C@@H]([C@H](C)O)C(C)(C)C. The minimum Gasteiger partial charge on any atom is -0.393 e. The lowest BCUT2D eigenvalue weighted by atomic mass is 9.76. The highest BCUT2D eigenvalue weighted by atomic mass is 16.3. The summed E-state index contributed by atoms with van der Waals surface area (Å²) in [7, 11) is 0. The van der Waals surface area contributed by atoms with Crippen molar-refractivity contribution in [1.29, 1.82) is 0 Å². The highest BCUT2D eigenvalue weighted by molar-refractivity contribution is 4.76. The van der Waals surface area contributed by atoms with Gasteiger partial charge >= 0.3 is 0 Å². The Hall–Kier alpha value is -0.0400. The van der Waals surface area contributed by atoms with Crippen molar-refractivity contribution >= 4 is 0 Å². The van der Waals surface area contributed by atoms with Gasteiger partial charge in [0.1, 0.15) is 0 Å². The average molecular weight is 144 g/mol. The zero-order chi connectivity index (χ0) is 8.36. The first kappa shape index (κ1) is 9.96. The molecular formula is C9H20O. The van der Waals surface area contributed by atoms with Crippen LogP contribution in [-0.4, -0.2) is 11.2 Å². The molecule has 0 heterocycles. The lowest BCUT2D eigenvalue weighted by Gasteiger charge is -2.31. The maximum Gasteiger partial charge on any atom is 0.0545 e. The second-order valence-corrected chi connectivity index (χ2v) is 4.12. The first-order chi connectivity index (χ1) is 4.39. The van der Waals surface area contributed by atoms with E-state index in [1.54, 1.807) is 0 Å². The third kappa shape index (κ3) is 2.70. The molecule has 0 spiro atoms. The van der Waals surface area contributed by atoms with Gasteiger partial charge < -0.3 is 5.11 Å². The van der Waals surface area contributed by atoms with E-state index < -0.39 is 0 Å². The third-order valence-corrected chi connectivity index (χ3v) is 2.13. The van der Waals surface area contributed by atoms with E-state index in [9.17, 15) is 5.11 Å². The minimum absolute atomic E-state index is 0.176. The zero-order valence-corrected chi connectivity index (χ0v) is 7.81. The molecule has 0 aromatic rings. The summed E-state index contributed by atoms with van der Waals surface area (Å²) in [5, 5.41) is 9.35. The minimum atomic E-state index is -0.176. The van der Waals surface area contributed by atoms with Gasteiger partial charge in [0.15, 0.2) is 0 Å². The summed E-state index contributed by atoms with van der Waals surface area (Å²) < 4.78 is 0. The Bertz CT molecular complexity index is 89.4. The molecule has 0 aromatic carbocycles. The van der Waals surface area contributed by atoms with Crippen LogP contribution < -0.4 is 0 Å². The predicted molar refractivity (Wildman–Crippen MR) is 44.9 cm³/mol. The topological polar surface area (TPSA) is 20.2 Å². The highest BCUT2D eigenvalue weighted by Gasteiger charge is 2.26. The normalized spacial score (nSPS) is 18.6. The van der Waals surface area contributed by atoms with E-state index in [1.807, 2.05) is 6.92 Å². The third-order valence-electron chi connectivity index (χ3n) is 2.13. The Kier molecular flexibility index (Phi) is 3.37. The van der Waals surface area contributed by atoms with E-state index in [-0.39, 0.29) is 11.5 Å². The fourth-order valence-electron chi connectivity index (χ4n) is 1.68. The lowest BCUT2D eigenvalue weighted by molar-refractivity contribution is 0.0538. The summed E-state index contributed by atoms with van der Waals surface area (Å²) in [5.74, 6) is 0.424. The van der Waals surface area contributed by atoms with E-state index in [0.717, 1.165) is 6.42 Å². The fourth-order valence-corrected chi connectivity index (χ4v) is 1.68. The molecule has 0 radical (unpaired) electrons. The molecule has 0 saturated carbocycles. The maximum atomic E-state index is 9.35. The van der Waals surface area contributed by atoms with Crippen LogP contribution in [0.4, 0.5) is 0 Å². The highest BCUT2D eigenvalue weighted by Crippen LogP contribution is 2.30. The largest absolute Gasteiger partial charge is 0.393 e. The molecule has 0 aliphatic heterocycles. The molecule has 0 rings (SSSR count). The first-order valence-electron chi connectivity index (χ1n) is 4.07. The summed E-state index contributed by atoms with van der Waals surface area (Å²) in [6, 6.07) is 0.